The van der Waals surface area contributed by atoms with Gasteiger partial charge in [-0.15, -0.1) is 0 Å². The largest absolute Gasteiger partial charge is 0.382 e. The topological polar surface area (TPSA) is 80.9 Å². The molecule has 1 aromatic carbocycles. The van der Waals surface area contributed by atoms with Crippen molar-refractivity contribution >= 4 is 29.1 Å². The SMILES string of the molecule is CC(=O)Nc1cnc(-c2ccccc2Cl)c(N)n1. The summed E-state index contributed by atoms with van der Waals surface area (Å²) in [6, 6.07) is 7.21. The van der Waals surface area contributed by atoms with Crippen molar-refractivity contribution in [3.05, 3.63) is 35.5 Å². The van der Waals surface area contributed by atoms with Crippen molar-refractivity contribution in [3.8, 4) is 11.3 Å². The highest BCUT2D eigenvalue weighted by Crippen LogP contribution is 2.29. The fourth-order valence-corrected chi connectivity index (χ4v) is 1.73. The number of hydrogen-bond donors (Lipinski definition) is 2. The Morgan fingerprint density at radius 1 is 1.39 bits per heavy atom. The van der Waals surface area contributed by atoms with Gasteiger partial charge in [-0.05, 0) is 6.07 Å². The van der Waals surface area contributed by atoms with Crippen molar-refractivity contribution in [1.29, 1.82) is 0 Å². The van der Waals surface area contributed by atoms with E-state index in [0.29, 0.717) is 22.1 Å². The number of amides is 1. The van der Waals surface area contributed by atoms with E-state index in [1.807, 2.05) is 12.1 Å². The minimum atomic E-state index is -0.228. The summed E-state index contributed by atoms with van der Waals surface area (Å²) in [6.07, 6.45) is 1.44. The molecule has 0 spiro atoms. The first-order valence-corrected chi connectivity index (χ1v) is 5.60. The molecule has 92 valence electrons. The Labute approximate surface area is 109 Å². The first-order valence-electron chi connectivity index (χ1n) is 5.23. The fraction of sp³-hybridized carbons (Fsp3) is 0.0833. The summed E-state index contributed by atoms with van der Waals surface area (Å²) in [4.78, 5) is 19.1. The number of aromatic nitrogens is 2. The van der Waals surface area contributed by atoms with Gasteiger partial charge in [-0.3, -0.25) is 4.79 Å². The van der Waals surface area contributed by atoms with E-state index < -0.39 is 0 Å². The Morgan fingerprint density at radius 3 is 2.72 bits per heavy atom. The summed E-state index contributed by atoms with van der Waals surface area (Å²) in [6.45, 7) is 1.39. The standard InChI is InChI=1S/C12H11ClN4O/c1-7(18)16-10-6-15-11(12(14)17-10)8-4-2-3-5-9(8)13/h2-6H,1H3,(H3,14,16,17,18). The fourth-order valence-electron chi connectivity index (χ4n) is 1.50. The van der Waals surface area contributed by atoms with E-state index in [9.17, 15) is 4.79 Å². The molecule has 1 heterocycles. The molecule has 0 fully saturated rings. The van der Waals surface area contributed by atoms with Gasteiger partial charge in [0.15, 0.2) is 11.6 Å². The van der Waals surface area contributed by atoms with Crippen LogP contribution in [0.3, 0.4) is 0 Å². The number of halogens is 1. The van der Waals surface area contributed by atoms with Gasteiger partial charge in [0.1, 0.15) is 5.69 Å². The lowest BCUT2D eigenvalue weighted by Crippen LogP contribution is -2.09. The maximum atomic E-state index is 10.9. The number of nitrogens with one attached hydrogen (secondary N) is 1. The molecule has 0 atom stereocenters. The van der Waals surface area contributed by atoms with Gasteiger partial charge in [-0.2, -0.15) is 0 Å². The molecule has 3 N–H and O–H groups in total. The van der Waals surface area contributed by atoms with Crippen molar-refractivity contribution in [3.63, 3.8) is 0 Å². The Hall–Kier alpha value is -2.14. The van der Waals surface area contributed by atoms with E-state index in [4.69, 9.17) is 17.3 Å². The summed E-state index contributed by atoms with van der Waals surface area (Å²) in [5.41, 5.74) is 7.02. The van der Waals surface area contributed by atoms with Gasteiger partial charge in [-0.1, -0.05) is 29.8 Å². The molecule has 1 aromatic heterocycles. The van der Waals surface area contributed by atoms with Gasteiger partial charge in [-0.25, -0.2) is 9.97 Å². The molecule has 0 bridgehead atoms. The third-order valence-electron chi connectivity index (χ3n) is 2.23. The predicted octanol–water partition coefficient (Wildman–Crippen LogP) is 2.34. The van der Waals surface area contributed by atoms with Crippen molar-refractivity contribution in [2.24, 2.45) is 0 Å². The lowest BCUT2D eigenvalue weighted by molar-refractivity contribution is -0.114. The Kier molecular flexibility index (Phi) is 3.43. The summed E-state index contributed by atoms with van der Waals surface area (Å²) < 4.78 is 0. The number of benzene rings is 1. The number of anilines is 2. The maximum Gasteiger partial charge on any atom is 0.222 e. The molecular formula is C12H11ClN4O. The van der Waals surface area contributed by atoms with Crippen LogP contribution in [-0.2, 0) is 4.79 Å². The highest BCUT2D eigenvalue weighted by atomic mass is 35.5. The quantitative estimate of drug-likeness (QED) is 0.870. The van der Waals surface area contributed by atoms with Crippen molar-refractivity contribution in [2.45, 2.75) is 6.92 Å². The van der Waals surface area contributed by atoms with Crippen LogP contribution < -0.4 is 11.1 Å². The molecular weight excluding hydrogens is 252 g/mol. The molecule has 0 saturated carbocycles. The van der Waals surface area contributed by atoms with Crippen LogP contribution in [0.25, 0.3) is 11.3 Å². The average Bonchev–Trinajstić information content (AvgIpc) is 2.30. The van der Waals surface area contributed by atoms with Crippen molar-refractivity contribution in [1.82, 2.24) is 9.97 Å². The summed E-state index contributed by atoms with van der Waals surface area (Å²) in [7, 11) is 0. The average molecular weight is 263 g/mol. The van der Waals surface area contributed by atoms with E-state index in [-0.39, 0.29) is 11.7 Å². The molecule has 0 unspecified atom stereocenters. The number of nitrogen functional groups attached to an aromatic ring is 1. The zero-order valence-electron chi connectivity index (χ0n) is 9.64. The van der Waals surface area contributed by atoms with E-state index in [1.165, 1.54) is 13.1 Å². The Morgan fingerprint density at radius 2 is 2.11 bits per heavy atom. The molecule has 0 aliphatic carbocycles. The van der Waals surface area contributed by atoms with Gasteiger partial charge < -0.3 is 11.1 Å². The monoisotopic (exact) mass is 262 g/mol. The lowest BCUT2D eigenvalue weighted by atomic mass is 10.1. The first kappa shape index (κ1) is 12.3. The molecule has 18 heavy (non-hydrogen) atoms. The third-order valence-corrected chi connectivity index (χ3v) is 2.56. The highest BCUT2D eigenvalue weighted by Gasteiger charge is 2.10. The normalized spacial score (nSPS) is 10.1. The van der Waals surface area contributed by atoms with E-state index >= 15 is 0 Å². The zero-order chi connectivity index (χ0) is 13.1. The van der Waals surface area contributed by atoms with E-state index in [0.717, 1.165) is 0 Å². The molecule has 0 saturated heterocycles. The Balaban J connectivity index is 2.42. The third kappa shape index (κ3) is 2.57. The Bertz CT molecular complexity index is 600. The molecule has 2 aromatic rings. The van der Waals surface area contributed by atoms with Gasteiger partial charge in [0.25, 0.3) is 0 Å². The molecule has 0 aliphatic heterocycles. The highest BCUT2D eigenvalue weighted by molar-refractivity contribution is 6.33. The van der Waals surface area contributed by atoms with Crippen LogP contribution in [0.5, 0.6) is 0 Å². The predicted molar refractivity (Wildman–Crippen MR) is 71.2 cm³/mol. The first-order chi connectivity index (χ1) is 8.58. The number of carbonyl (C=O) groups is 1. The maximum absolute atomic E-state index is 10.9. The van der Waals surface area contributed by atoms with Crippen LogP contribution in [-0.4, -0.2) is 15.9 Å². The van der Waals surface area contributed by atoms with Crippen molar-refractivity contribution < 1.29 is 4.79 Å². The number of hydrogen-bond acceptors (Lipinski definition) is 4. The zero-order valence-corrected chi connectivity index (χ0v) is 10.4. The molecule has 2 rings (SSSR count). The lowest BCUT2D eigenvalue weighted by Gasteiger charge is -2.08. The summed E-state index contributed by atoms with van der Waals surface area (Å²) >= 11 is 6.06. The minimum Gasteiger partial charge on any atom is -0.382 e. The molecule has 0 radical (unpaired) electrons. The number of carbonyl (C=O) groups excluding carboxylic acids is 1. The van der Waals surface area contributed by atoms with Crippen molar-refractivity contribution in [2.75, 3.05) is 11.1 Å². The van der Waals surface area contributed by atoms with Gasteiger partial charge in [0, 0.05) is 12.5 Å². The van der Waals surface area contributed by atoms with Crippen LogP contribution in [0.1, 0.15) is 6.92 Å². The van der Waals surface area contributed by atoms with Crippen LogP contribution in [0.2, 0.25) is 5.02 Å². The number of nitrogens with zero attached hydrogens (tertiary/aromatic N) is 2. The van der Waals surface area contributed by atoms with Gasteiger partial charge >= 0.3 is 0 Å². The van der Waals surface area contributed by atoms with Gasteiger partial charge in [0.05, 0.1) is 11.2 Å². The molecule has 0 aliphatic rings. The summed E-state index contributed by atoms with van der Waals surface area (Å²) in [5.74, 6) is 0.305. The van der Waals surface area contributed by atoms with E-state index in [2.05, 4.69) is 15.3 Å². The van der Waals surface area contributed by atoms with E-state index in [1.54, 1.807) is 12.1 Å². The number of nitrogens with two attached hydrogens (primary N) is 1. The molecule has 1 amide bonds. The molecule has 6 heteroatoms. The second kappa shape index (κ2) is 5.01. The van der Waals surface area contributed by atoms with Gasteiger partial charge in [0.2, 0.25) is 5.91 Å². The smallest absolute Gasteiger partial charge is 0.222 e. The van der Waals surface area contributed by atoms with Crippen LogP contribution >= 0.6 is 11.6 Å². The molecule has 5 nitrogen and oxygen atoms in total. The second-order valence-corrected chi connectivity index (χ2v) is 4.06. The van der Waals surface area contributed by atoms with Crippen LogP contribution in [0.15, 0.2) is 30.5 Å². The minimum absolute atomic E-state index is 0.217. The second-order valence-electron chi connectivity index (χ2n) is 3.65. The van der Waals surface area contributed by atoms with Crippen LogP contribution in [0, 0.1) is 0 Å². The van der Waals surface area contributed by atoms with Crippen LogP contribution in [0.4, 0.5) is 11.6 Å². The summed E-state index contributed by atoms with van der Waals surface area (Å²) in [5, 5.41) is 3.06. The number of rotatable bonds is 2.